The van der Waals surface area contributed by atoms with Crippen molar-refractivity contribution in [3.63, 3.8) is 0 Å². The molecular weight excluding hydrogens is 369 g/mol. The molecule has 9 nitrogen and oxygen atoms in total. The van der Waals surface area contributed by atoms with Crippen molar-refractivity contribution in [3.8, 4) is 0 Å². The van der Waals surface area contributed by atoms with Gasteiger partial charge in [-0.3, -0.25) is 9.59 Å². The van der Waals surface area contributed by atoms with Crippen molar-refractivity contribution in [2.24, 2.45) is 18.9 Å². The molecule has 0 saturated carbocycles. The number of carbonyl (C=O) groups excluding carboxylic acids is 1. The number of likely N-dealkylation sites (tertiary alicyclic amines) is 1. The van der Waals surface area contributed by atoms with Gasteiger partial charge in [0.1, 0.15) is 0 Å². The lowest BCUT2D eigenvalue weighted by Crippen LogP contribution is -2.40. The van der Waals surface area contributed by atoms with Crippen LogP contribution in [0.1, 0.15) is 0 Å². The van der Waals surface area contributed by atoms with Gasteiger partial charge in [-0.1, -0.05) is 0 Å². The van der Waals surface area contributed by atoms with Crippen molar-refractivity contribution in [1.29, 1.82) is 0 Å². The number of rotatable bonds is 5. The fraction of sp³-hybridized carbons (Fsp3) is 0.583. The van der Waals surface area contributed by atoms with Crippen molar-refractivity contribution in [3.05, 3.63) is 12.5 Å². The molecule has 1 saturated heterocycles. The first-order chi connectivity index (χ1) is 11.4. The molecule has 1 aliphatic rings. The Labute approximate surface area is 140 Å². The fourth-order valence-electron chi connectivity index (χ4n) is 2.46. The molecule has 1 amide bonds. The first-order valence-corrected chi connectivity index (χ1v) is 8.45. The molecule has 2 N–H and O–H groups in total. The monoisotopic (exact) mass is 384 g/mol. The van der Waals surface area contributed by atoms with Crippen LogP contribution in [0.2, 0.25) is 0 Å². The largest absolute Gasteiger partial charge is 0.481 e. The Morgan fingerprint density at radius 2 is 2.04 bits per heavy atom. The smallest absolute Gasteiger partial charge is 0.394 e. The number of aromatic nitrogens is 2. The first kappa shape index (κ1) is 19.2. The molecule has 0 aromatic carbocycles. The molecule has 1 aromatic heterocycles. The van der Waals surface area contributed by atoms with Gasteiger partial charge in [0, 0.05) is 26.3 Å². The Bertz CT molecular complexity index is 776. The number of halogens is 3. The standard InChI is InChI=1S/C12H15F3N4O5S/c1-18-5-9(16-6-18)25(23,24)17-2-10(20)19-3-7(11(21)22)8(4-19)12(13,14)15/h5-8,17H,2-4H2,1H3,(H,21,22)/t7-,8-/m1/s1. The number of hydrogen-bond donors (Lipinski definition) is 2. The Kier molecular flexibility index (Phi) is 5.09. The summed E-state index contributed by atoms with van der Waals surface area (Å²) in [6, 6.07) is 0. The van der Waals surface area contributed by atoms with Gasteiger partial charge in [0.15, 0.2) is 5.03 Å². The molecule has 0 unspecified atom stereocenters. The number of sulfonamides is 1. The van der Waals surface area contributed by atoms with Crippen LogP contribution < -0.4 is 4.72 Å². The zero-order valence-corrected chi connectivity index (χ0v) is 13.7. The second-order valence-electron chi connectivity index (χ2n) is 5.59. The van der Waals surface area contributed by atoms with Gasteiger partial charge in [0.05, 0.1) is 24.7 Å². The lowest BCUT2D eigenvalue weighted by atomic mass is 9.96. The van der Waals surface area contributed by atoms with E-state index in [0.717, 1.165) is 0 Å². The number of nitrogens with one attached hydrogen (secondary N) is 1. The maximum atomic E-state index is 12.9. The highest BCUT2D eigenvalue weighted by molar-refractivity contribution is 7.89. The highest BCUT2D eigenvalue weighted by atomic mass is 32.2. The molecule has 0 radical (unpaired) electrons. The Hall–Kier alpha value is -2.15. The van der Waals surface area contributed by atoms with Crippen LogP contribution in [0.3, 0.4) is 0 Å². The molecule has 13 heteroatoms. The lowest BCUT2D eigenvalue weighted by Gasteiger charge is -2.18. The van der Waals surface area contributed by atoms with Crippen molar-refractivity contribution >= 4 is 21.9 Å². The molecule has 1 fully saturated rings. The molecule has 2 heterocycles. The number of nitrogens with zero attached hydrogens (tertiary/aromatic N) is 3. The van der Waals surface area contributed by atoms with Gasteiger partial charge in [0.25, 0.3) is 10.0 Å². The van der Waals surface area contributed by atoms with E-state index in [-0.39, 0.29) is 5.03 Å². The third kappa shape index (κ3) is 4.28. The van der Waals surface area contributed by atoms with Crippen molar-refractivity contribution < 1.29 is 36.3 Å². The van der Waals surface area contributed by atoms with E-state index < -0.39 is 59.5 Å². The predicted molar refractivity (Wildman–Crippen MR) is 75.6 cm³/mol. The van der Waals surface area contributed by atoms with Crippen LogP contribution >= 0.6 is 0 Å². The highest BCUT2D eigenvalue weighted by Crippen LogP contribution is 2.37. The van der Waals surface area contributed by atoms with Crippen LogP contribution in [-0.4, -0.2) is 65.7 Å². The quantitative estimate of drug-likeness (QED) is 0.701. The number of imidazole rings is 1. The van der Waals surface area contributed by atoms with Gasteiger partial charge in [-0.05, 0) is 0 Å². The van der Waals surface area contributed by atoms with Crippen LogP contribution in [0.4, 0.5) is 13.2 Å². The first-order valence-electron chi connectivity index (χ1n) is 6.96. The molecule has 25 heavy (non-hydrogen) atoms. The van der Waals surface area contributed by atoms with Gasteiger partial charge < -0.3 is 14.6 Å². The number of carboxylic acid groups (broad SMARTS) is 1. The van der Waals surface area contributed by atoms with Crippen molar-refractivity contribution in [1.82, 2.24) is 19.2 Å². The summed E-state index contributed by atoms with van der Waals surface area (Å²) in [6.45, 7) is -2.26. The third-order valence-electron chi connectivity index (χ3n) is 3.78. The van der Waals surface area contributed by atoms with Crippen LogP contribution in [0, 0.1) is 11.8 Å². The normalized spacial score (nSPS) is 21.5. The van der Waals surface area contributed by atoms with Gasteiger partial charge in [-0.2, -0.15) is 13.2 Å². The van der Waals surface area contributed by atoms with Gasteiger partial charge >= 0.3 is 12.1 Å². The zero-order valence-electron chi connectivity index (χ0n) is 12.9. The SMILES string of the molecule is Cn1cnc(S(=O)(=O)NCC(=O)N2C[C@@H](C(F)(F)F)[C@H](C(=O)O)C2)c1. The summed E-state index contributed by atoms with van der Waals surface area (Å²) in [5.41, 5.74) is 0. The zero-order chi connectivity index (χ0) is 19.0. The van der Waals surface area contributed by atoms with E-state index >= 15 is 0 Å². The number of carboxylic acids is 1. The van der Waals surface area contributed by atoms with E-state index in [4.69, 9.17) is 5.11 Å². The summed E-state index contributed by atoms with van der Waals surface area (Å²) >= 11 is 0. The minimum absolute atomic E-state index is 0.346. The van der Waals surface area contributed by atoms with Gasteiger partial charge in [0.2, 0.25) is 5.91 Å². The van der Waals surface area contributed by atoms with Crippen LogP contribution in [0.15, 0.2) is 17.6 Å². The summed E-state index contributed by atoms with van der Waals surface area (Å²) in [4.78, 5) is 27.2. The predicted octanol–water partition coefficient (Wildman–Crippen LogP) is -0.580. The summed E-state index contributed by atoms with van der Waals surface area (Å²) in [5.74, 6) is -6.58. The molecule has 1 aliphatic heterocycles. The second-order valence-corrected chi connectivity index (χ2v) is 7.31. The van der Waals surface area contributed by atoms with Gasteiger partial charge in [-0.15, -0.1) is 0 Å². The molecule has 140 valence electrons. The van der Waals surface area contributed by atoms with Gasteiger partial charge in [-0.25, -0.2) is 18.1 Å². The minimum Gasteiger partial charge on any atom is -0.481 e. The molecule has 0 bridgehead atoms. The summed E-state index contributed by atoms with van der Waals surface area (Å²) in [7, 11) is -2.57. The number of alkyl halides is 3. The maximum Gasteiger partial charge on any atom is 0.394 e. The van der Waals surface area contributed by atoms with E-state index in [2.05, 4.69) is 4.98 Å². The average molecular weight is 384 g/mol. The maximum absolute atomic E-state index is 12.9. The number of carbonyl (C=O) groups is 2. The highest BCUT2D eigenvalue weighted by Gasteiger charge is 2.53. The number of aryl methyl sites for hydroxylation is 1. The fourth-order valence-corrected chi connectivity index (χ4v) is 3.41. The third-order valence-corrected chi connectivity index (χ3v) is 5.07. The van der Waals surface area contributed by atoms with E-state index in [1.165, 1.54) is 24.1 Å². The Morgan fingerprint density at radius 3 is 2.48 bits per heavy atom. The Balaban J connectivity index is 2.03. The van der Waals surface area contributed by atoms with Crippen LogP contribution in [-0.2, 0) is 26.7 Å². The van der Waals surface area contributed by atoms with Crippen molar-refractivity contribution in [2.75, 3.05) is 19.6 Å². The number of aliphatic carboxylic acids is 1. The lowest BCUT2D eigenvalue weighted by molar-refractivity contribution is -0.188. The van der Waals surface area contributed by atoms with Crippen LogP contribution in [0.25, 0.3) is 0 Å². The van der Waals surface area contributed by atoms with E-state index in [9.17, 15) is 31.2 Å². The molecule has 0 aliphatic carbocycles. The van der Waals surface area contributed by atoms with Crippen molar-refractivity contribution in [2.45, 2.75) is 11.2 Å². The number of amides is 1. The summed E-state index contributed by atoms with van der Waals surface area (Å²) in [5, 5.41) is 8.55. The van der Waals surface area contributed by atoms with E-state index in [1.807, 2.05) is 4.72 Å². The minimum atomic E-state index is -4.77. The number of hydrogen-bond acceptors (Lipinski definition) is 5. The summed E-state index contributed by atoms with van der Waals surface area (Å²) in [6.07, 6.45) is -2.36. The van der Waals surface area contributed by atoms with Crippen LogP contribution in [0.5, 0.6) is 0 Å². The van der Waals surface area contributed by atoms with E-state index in [1.54, 1.807) is 0 Å². The Morgan fingerprint density at radius 1 is 1.40 bits per heavy atom. The van der Waals surface area contributed by atoms with E-state index in [0.29, 0.717) is 4.90 Å². The molecular formula is C12H15F3N4O5S. The average Bonchev–Trinajstić information content (AvgIpc) is 3.10. The molecule has 1 aromatic rings. The molecule has 2 atom stereocenters. The summed E-state index contributed by atoms with van der Waals surface area (Å²) < 4.78 is 65.8. The second kappa shape index (κ2) is 6.63. The topological polar surface area (TPSA) is 122 Å². The molecule has 0 spiro atoms. The molecule has 2 rings (SSSR count).